The molecule has 0 aliphatic carbocycles. The van der Waals surface area contributed by atoms with Crippen molar-refractivity contribution in [3.63, 3.8) is 0 Å². The van der Waals surface area contributed by atoms with E-state index in [-0.39, 0.29) is 24.6 Å². The van der Waals surface area contributed by atoms with Gasteiger partial charge >= 0.3 is 5.69 Å². The Balaban J connectivity index is 1.68. The summed E-state index contributed by atoms with van der Waals surface area (Å²) in [4.78, 5) is 25.1. The maximum absolute atomic E-state index is 12.7. The molecule has 0 saturated heterocycles. The number of aryl methyl sites for hydroxylation is 2. The van der Waals surface area contributed by atoms with Crippen LogP contribution in [0.3, 0.4) is 0 Å². The molecule has 1 amide bonds. The molecule has 2 aromatic carbocycles. The van der Waals surface area contributed by atoms with E-state index < -0.39 is 10.0 Å². The summed E-state index contributed by atoms with van der Waals surface area (Å²) in [5.74, 6) is -0.229. The minimum absolute atomic E-state index is 0.114. The molecule has 29 heavy (non-hydrogen) atoms. The summed E-state index contributed by atoms with van der Waals surface area (Å²) in [5.41, 5.74) is 2.54. The zero-order valence-corrected chi connectivity index (χ0v) is 17.2. The van der Waals surface area contributed by atoms with Gasteiger partial charge in [0.1, 0.15) is 0 Å². The highest BCUT2D eigenvalue weighted by molar-refractivity contribution is 7.92. The smallest absolute Gasteiger partial charge is 0.326 e. The van der Waals surface area contributed by atoms with E-state index in [1.807, 2.05) is 31.2 Å². The van der Waals surface area contributed by atoms with E-state index in [1.54, 1.807) is 33.4 Å². The van der Waals surface area contributed by atoms with E-state index >= 15 is 0 Å². The number of nitrogens with one attached hydrogen (secondary N) is 2. The van der Waals surface area contributed by atoms with Crippen molar-refractivity contribution in [2.24, 2.45) is 0 Å². The quantitative estimate of drug-likeness (QED) is 0.589. The van der Waals surface area contributed by atoms with Gasteiger partial charge in [-0.1, -0.05) is 19.1 Å². The number of carbonyl (C=O) groups is 1. The number of aromatic nitrogens is 2. The molecular formula is C20H24N4O4S. The number of para-hydroxylation sites is 2. The van der Waals surface area contributed by atoms with Crippen LogP contribution in [0.5, 0.6) is 0 Å². The van der Waals surface area contributed by atoms with Crippen molar-refractivity contribution in [3.8, 4) is 0 Å². The van der Waals surface area contributed by atoms with Crippen molar-refractivity contribution in [2.75, 3.05) is 16.3 Å². The summed E-state index contributed by atoms with van der Waals surface area (Å²) in [5, 5.41) is 2.76. The lowest BCUT2D eigenvalue weighted by molar-refractivity contribution is -0.116. The minimum atomic E-state index is -3.35. The average molecular weight is 417 g/mol. The molecule has 1 aromatic heterocycles. The second-order valence-electron chi connectivity index (χ2n) is 6.82. The third-order valence-corrected chi connectivity index (χ3v) is 5.01. The first-order valence-electron chi connectivity index (χ1n) is 9.34. The van der Waals surface area contributed by atoms with Crippen molar-refractivity contribution in [1.82, 2.24) is 9.13 Å². The van der Waals surface area contributed by atoms with Gasteiger partial charge in [0.05, 0.1) is 17.3 Å². The maximum atomic E-state index is 12.7. The molecule has 0 radical (unpaired) electrons. The van der Waals surface area contributed by atoms with Crippen molar-refractivity contribution >= 4 is 38.3 Å². The van der Waals surface area contributed by atoms with Crippen LogP contribution in [0.1, 0.15) is 19.8 Å². The number of rotatable bonds is 8. The molecule has 0 atom stereocenters. The fourth-order valence-corrected chi connectivity index (χ4v) is 3.76. The molecule has 0 aliphatic heterocycles. The first-order valence-corrected chi connectivity index (χ1v) is 11.2. The number of hydrogen-bond acceptors (Lipinski definition) is 4. The molecule has 0 aliphatic rings. The van der Waals surface area contributed by atoms with Crippen LogP contribution in [-0.4, -0.2) is 29.7 Å². The van der Waals surface area contributed by atoms with Crippen LogP contribution in [0.25, 0.3) is 11.0 Å². The molecule has 0 saturated carbocycles. The molecule has 0 unspecified atom stereocenters. The SMILES string of the molecule is CCCn1c(=O)n(CCC(=O)Nc2ccc(NS(C)(=O)=O)cc2)c2ccccc21. The second kappa shape index (κ2) is 8.52. The van der Waals surface area contributed by atoms with Crippen LogP contribution in [0.2, 0.25) is 0 Å². The van der Waals surface area contributed by atoms with Crippen LogP contribution < -0.4 is 15.7 Å². The Labute approximate surface area is 169 Å². The second-order valence-corrected chi connectivity index (χ2v) is 8.57. The summed E-state index contributed by atoms with van der Waals surface area (Å²) >= 11 is 0. The largest absolute Gasteiger partial charge is 0.329 e. The number of hydrogen-bond donors (Lipinski definition) is 2. The van der Waals surface area contributed by atoms with E-state index in [0.717, 1.165) is 23.7 Å². The number of anilines is 2. The molecule has 1 heterocycles. The van der Waals surface area contributed by atoms with Gasteiger partial charge in [0.25, 0.3) is 0 Å². The third-order valence-electron chi connectivity index (χ3n) is 4.41. The fourth-order valence-electron chi connectivity index (χ4n) is 3.20. The van der Waals surface area contributed by atoms with E-state index in [1.165, 1.54) is 0 Å². The first kappa shape index (κ1) is 20.7. The molecule has 9 heteroatoms. The summed E-state index contributed by atoms with van der Waals surface area (Å²) in [6.07, 6.45) is 2.06. The number of imidazole rings is 1. The zero-order valence-electron chi connectivity index (χ0n) is 16.4. The van der Waals surface area contributed by atoms with Gasteiger partial charge in [-0.05, 0) is 42.8 Å². The zero-order chi connectivity index (χ0) is 21.0. The molecule has 154 valence electrons. The number of nitrogens with zero attached hydrogens (tertiary/aromatic N) is 2. The Morgan fingerprint density at radius 1 is 0.931 bits per heavy atom. The summed E-state index contributed by atoms with van der Waals surface area (Å²) in [6, 6.07) is 13.9. The monoisotopic (exact) mass is 416 g/mol. The number of sulfonamides is 1. The van der Waals surface area contributed by atoms with Gasteiger partial charge in [-0.15, -0.1) is 0 Å². The van der Waals surface area contributed by atoms with E-state index in [0.29, 0.717) is 17.9 Å². The molecule has 2 N–H and O–H groups in total. The molecule has 0 spiro atoms. The maximum Gasteiger partial charge on any atom is 0.329 e. The molecule has 3 rings (SSSR count). The van der Waals surface area contributed by atoms with Crippen molar-refractivity contribution < 1.29 is 13.2 Å². The Hall–Kier alpha value is -3.07. The van der Waals surface area contributed by atoms with Crippen LogP contribution in [0.4, 0.5) is 11.4 Å². The summed E-state index contributed by atoms with van der Waals surface area (Å²) in [6.45, 7) is 2.92. The van der Waals surface area contributed by atoms with Gasteiger partial charge in [0.15, 0.2) is 0 Å². The normalized spacial score (nSPS) is 11.5. The number of benzene rings is 2. The Kier molecular flexibility index (Phi) is 6.07. The van der Waals surface area contributed by atoms with Crippen LogP contribution in [-0.2, 0) is 27.9 Å². The molecule has 0 fully saturated rings. The highest BCUT2D eigenvalue weighted by Crippen LogP contribution is 2.16. The topological polar surface area (TPSA) is 102 Å². The standard InChI is InChI=1S/C20H24N4O4S/c1-3-13-23-17-6-4-5-7-18(17)24(20(23)26)14-12-19(25)21-15-8-10-16(11-9-15)22-29(2,27)28/h4-11,22H,3,12-14H2,1-2H3,(H,21,25). The lowest BCUT2D eigenvalue weighted by Gasteiger charge is -2.08. The summed E-state index contributed by atoms with van der Waals surface area (Å²) in [7, 11) is -3.35. The lowest BCUT2D eigenvalue weighted by Crippen LogP contribution is -2.26. The van der Waals surface area contributed by atoms with Crippen LogP contribution >= 0.6 is 0 Å². The minimum Gasteiger partial charge on any atom is -0.326 e. The predicted octanol–water partition coefficient (Wildman–Crippen LogP) is 2.61. The molecule has 8 nitrogen and oxygen atoms in total. The average Bonchev–Trinajstić information content (AvgIpc) is 2.92. The van der Waals surface area contributed by atoms with Gasteiger partial charge in [0, 0.05) is 30.9 Å². The molecule has 0 bridgehead atoms. The fraction of sp³-hybridized carbons (Fsp3) is 0.300. The highest BCUT2D eigenvalue weighted by atomic mass is 32.2. The van der Waals surface area contributed by atoms with Gasteiger partial charge in [-0.25, -0.2) is 13.2 Å². The molecular weight excluding hydrogens is 392 g/mol. The van der Waals surface area contributed by atoms with Crippen molar-refractivity contribution in [1.29, 1.82) is 0 Å². The molecule has 3 aromatic rings. The van der Waals surface area contributed by atoms with Crippen LogP contribution in [0.15, 0.2) is 53.3 Å². The summed E-state index contributed by atoms with van der Waals surface area (Å²) < 4.78 is 28.2. The Morgan fingerprint density at radius 2 is 1.48 bits per heavy atom. The van der Waals surface area contributed by atoms with Crippen LogP contribution in [0, 0.1) is 0 Å². The lowest BCUT2D eigenvalue weighted by atomic mass is 10.2. The highest BCUT2D eigenvalue weighted by Gasteiger charge is 2.13. The van der Waals surface area contributed by atoms with Gasteiger partial charge in [0.2, 0.25) is 15.9 Å². The Bertz CT molecular complexity index is 1180. The van der Waals surface area contributed by atoms with E-state index in [9.17, 15) is 18.0 Å². The number of fused-ring (bicyclic) bond motifs is 1. The van der Waals surface area contributed by atoms with Crippen molar-refractivity contribution in [3.05, 3.63) is 59.0 Å². The van der Waals surface area contributed by atoms with Gasteiger partial charge < -0.3 is 5.32 Å². The predicted molar refractivity (Wildman–Crippen MR) is 115 cm³/mol. The van der Waals surface area contributed by atoms with Gasteiger partial charge in [-0.2, -0.15) is 0 Å². The van der Waals surface area contributed by atoms with E-state index in [4.69, 9.17) is 0 Å². The first-order chi connectivity index (χ1) is 13.8. The number of amides is 1. The van der Waals surface area contributed by atoms with Gasteiger partial charge in [-0.3, -0.25) is 18.7 Å². The number of carbonyl (C=O) groups excluding carboxylic acids is 1. The Morgan fingerprint density at radius 3 is 2.03 bits per heavy atom. The third kappa shape index (κ3) is 5.05. The van der Waals surface area contributed by atoms with E-state index in [2.05, 4.69) is 10.0 Å². The van der Waals surface area contributed by atoms with Crippen molar-refractivity contribution in [2.45, 2.75) is 32.9 Å².